The number of nitrogens with zero attached hydrogens (tertiary/aromatic N) is 1. The van der Waals surface area contributed by atoms with Gasteiger partial charge in [-0.3, -0.25) is 4.79 Å². The first-order chi connectivity index (χ1) is 10.1. The molecule has 1 saturated carbocycles. The predicted molar refractivity (Wildman–Crippen MR) is 74.6 cm³/mol. The maximum Gasteiger partial charge on any atom is 0.252 e. The third-order valence-corrected chi connectivity index (χ3v) is 4.06. The molecule has 0 radical (unpaired) electrons. The molecule has 7 heteroatoms. The van der Waals surface area contributed by atoms with Crippen LogP contribution in [0.1, 0.15) is 16.8 Å². The smallest absolute Gasteiger partial charge is 0.252 e. The number of aliphatic hydroxyl groups is 3. The molecule has 0 bridgehead atoms. The van der Waals surface area contributed by atoms with E-state index in [1.54, 1.807) is 18.3 Å². The minimum atomic E-state index is -1.07. The summed E-state index contributed by atoms with van der Waals surface area (Å²) in [5, 5.41) is 32.3. The van der Waals surface area contributed by atoms with Crippen molar-refractivity contribution < 1.29 is 20.1 Å². The maximum atomic E-state index is 12.4. The summed E-state index contributed by atoms with van der Waals surface area (Å²) in [4.78, 5) is 19.4. The second-order valence-electron chi connectivity index (χ2n) is 5.34. The highest BCUT2D eigenvalue weighted by atomic mass is 16.3. The molecule has 1 aliphatic rings. The van der Waals surface area contributed by atoms with Crippen LogP contribution in [0.4, 0.5) is 0 Å². The highest BCUT2D eigenvalue weighted by Crippen LogP contribution is 2.27. The van der Waals surface area contributed by atoms with E-state index >= 15 is 0 Å². The van der Waals surface area contributed by atoms with E-state index in [0.29, 0.717) is 23.0 Å². The molecular formula is C14H17N3O4. The summed E-state index contributed by atoms with van der Waals surface area (Å²) in [6, 6.07) is 2.78. The first kappa shape index (κ1) is 14.0. The molecule has 1 aliphatic carbocycles. The number of H-pyrrole nitrogens is 1. The van der Waals surface area contributed by atoms with Gasteiger partial charge in [-0.1, -0.05) is 0 Å². The number of aromatic nitrogens is 2. The van der Waals surface area contributed by atoms with Gasteiger partial charge in [0.1, 0.15) is 11.8 Å². The Hall–Kier alpha value is -1.96. The Labute approximate surface area is 120 Å². The Morgan fingerprint density at radius 2 is 2.19 bits per heavy atom. The van der Waals surface area contributed by atoms with E-state index in [-0.39, 0.29) is 12.5 Å². The standard InChI is InChI=1S/C14H17N3O4/c18-6-7-5-10(12(20)11(7)19)17-14(21)9-2-4-16-13-8(9)1-3-15-13/h1-4,7,10-12,18-20H,5-6H2,(H,15,16)(H,17,21)/t7-,10-,11-,12+/m0/s1. The number of fused-ring (bicyclic) bond motifs is 1. The fraction of sp³-hybridized carbons (Fsp3) is 0.429. The summed E-state index contributed by atoms with van der Waals surface area (Å²) >= 11 is 0. The van der Waals surface area contributed by atoms with E-state index in [1.807, 2.05) is 0 Å². The Kier molecular flexibility index (Phi) is 3.62. The van der Waals surface area contributed by atoms with E-state index in [0.717, 1.165) is 0 Å². The molecule has 2 heterocycles. The molecule has 112 valence electrons. The number of carbonyl (C=O) groups is 1. The van der Waals surface area contributed by atoms with Gasteiger partial charge in [0.25, 0.3) is 5.91 Å². The number of hydrogen-bond donors (Lipinski definition) is 5. The van der Waals surface area contributed by atoms with Gasteiger partial charge in [0.15, 0.2) is 0 Å². The third kappa shape index (κ3) is 2.39. The molecule has 0 saturated heterocycles. The van der Waals surface area contributed by atoms with Crippen LogP contribution in [-0.4, -0.2) is 56.1 Å². The highest BCUT2D eigenvalue weighted by Gasteiger charge is 2.41. The van der Waals surface area contributed by atoms with Crippen molar-refractivity contribution >= 4 is 16.9 Å². The van der Waals surface area contributed by atoms with Crippen LogP contribution >= 0.6 is 0 Å². The topological polar surface area (TPSA) is 118 Å². The van der Waals surface area contributed by atoms with Crippen molar-refractivity contribution in [2.75, 3.05) is 6.61 Å². The molecule has 1 fully saturated rings. The van der Waals surface area contributed by atoms with Crippen molar-refractivity contribution in [3.8, 4) is 0 Å². The van der Waals surface area contributed by atoms with Gasteiger partial charge in [-0.25, -0.2) is 4.98 Å². The number of pyridine rings is 1. The lowest BCUT2D eigenvalue weighted by atomic mass is 10.1. The van der Waals surface area contributed by atoms with Crippen molar-refractivity contribution in [3.63, 3.8) is 0 Å². The monoisotopic (exact) mass is 291 g/mol. The average Bonchev–Trinajstić information content (AvgIpc) is 3.06. The molecule has 0 spiro atoms. The van der Waals surface area contributed by atoms with Gasteiger partial charge in [-0.15, -0.1) is 0 Å². The van der Waals surface area contributed by atoms with Crippen molar-refractivity contribution in [3.05, 3.63) is 30.1 Å². The van der Waals surface area contributed by atoms with E-state index < -0.39 is 24.2 Å². The van der Waals surface area contributed by atoms with Gasteiger partial charge >= 0.3 is 0 Å². The number of carbonyl (C=O) groups excluding carboxylic acids is 1. The molecule has 3 rings (SSSR count). The molecule has 4 atom stereocenters. The lowest BCUT2D eigenvalue weighted by Gasteiger charge is -2.18. The van der Waals surface area contributed by atoms with Crippen LogP contribution in [0.15, 0.2) is 24.5 Å². The SMILES string of the molecule is O=C(N[C@H]1C[C@@H](CO)[C@H](O)[C@@H]1O)c1ccnc2[nH]ccc12. The molecule has 0 aliphatic heterocycles. The number of aliphatic hydroxyl groups excluding tert-OH is 3. The van der Waals surface area contributed by atoms with Crippen LogP contribution in [-0.2, 0) is 0 Å². The van der Waals surface area contributed by atoms with Gasteiger partial charge in [0, 0.05) is 30.3 Å². The fourth-order valence-corrected chi connectivity index (χ4v) is 2.85. The molecule has 7 nitrogen and oxygen atoms in total. The average molecular weight is 291 g/mol. The van der Waals surface area contributed by atoms with Gasteiger partial charge in [-0.05, 0) is 18.6 Å². The molecule has 0 aromatic carbocycles. The number of nitrogens with one attached hydrogen (secondary N) is 2. The van der Waals surface area contributed by atoms with Crippen LogP contribution < -0.4 is 5.32 Å². The van der Waals surface area contributed by atoms with Gasteiger partial charge in [-0.2, -0.15) is 0 Å². The number of aromatic amines is 1. The first-order valence-corrected chi connectivity index (χ1v) is 6.81. The summed E-state index contributed by atoms with van der Waals surface area (Å²) in [7, 11) is 0. The normalized spacial score (nSPS) is 28.9. The lowest BCUT2D eigenvalue weighted by molar-refractivity contribution is 0.000142. The van der Waals surface area contributed by atoms with Crippen molar-refractivity contribution in [1.29, 1.82) is 0 Å². The summed E-state index contributed by atoms with van der Waals surface area (Å²) < 4.78 is 0. The number of hydrogen-bond acceptors (Lipinski definition) is 5. The molecule has 1 amide bonds. The number of amides is 1. The molecular weight excluding hydrogens is 274 g/mol. The van der Waals surface area contributed by atoms with Crippen LogP contribution in [0.25, 0.3) is 11.0 Å². The van der Waals surface area contributed by atoms with E-state index in [9.17, 15) is 15.0 Å². The molecule has 5 N–H and O–H groups in total. The van der Waals surface area contributed by atoms with E-state index in [2.05, 4.69) is 15.3 Å². The maximum absolute atomic E-state index is 12.4. The zero-order chi connectivity index (χ0) is 15.0. The summed E-state index contributed by atoms with van der Waals surface area (Å²) in [5.41, 5.74) is 1.07. The van der Waals surface area contributed by atoms with Gasteiger partial charge < -0.3 is 25.6 Å². The van der Waals surface area contributed by atoms with Gasteiger partial charge in [0.2, 0.25) is 0 Å². The van der Waals surface area contributed by atoms with Crippen LogP contribution in [0, 0.1) is 5.92 Å². The number of rotatable bonds is 3. The van der Waals surface area contributed by atoms with E-state index in [1.165, 1.54) is 6.20 Å². The minimum absolute atomic E-state index is 0.220. The van der Waals surface area contributed by atoms with Crippen molar-refractivity contribution in [2.24, 2.45) is 5.92 Å². The van der Waals surface area contributed by atoms with Crippen LogP contribution in [0.5, 0.6) is 0 Å². The molecule has 21 heavy (non-hydrogen) atoms. The third-order valence-electron chi connectivity index (χ3n) is 4.06. The van der Waals surface area contributed by atoms with Crippen LogP contribution in [0.3, 0.4) is 0 Å². The lowest BCUT2D eigenvalue weighted by Crippen LogP contribution is -2.43. The second kappa shape index (κ2) is 5.44. The fourth-order valence-electron chi connectivity index (χ4n) is 2.85. The van der Waals surface area contributed by atoms with Crippen molar-refractivity contribution in [1.82, 2.24) is 15.3 Å². The largest absolute Gasteiger partial charge is 0.396 e. The summed E-state index contributed by atoms with van der Waals surface area (Å²) in [6.45, 7) is -0.220. The Balaban J connectivity index is 1.79. The Morgan fingerprint density at radius 3 is 2.90 bits per heavy atom. The Morgan fingerprint density at radius 1 is 1.38 bits per heavy atom. The minimum Gasteiger partial charge on any atom is -0.396 e. The molecule has 2 aromatic heterocycles. The Bertz CT molecular complexity index is 656. The zero-order valence-corrected chi connectivity index (χ0v) is 11.2. The highest BCUT2D eigenvalue weighted by molar-refractivity contribution is 6.05. The first-order valence-electron chi connectivity index (χ1n) is 6.81. The zero-order valence-electron chi connectivity index (χ0n) is 11.2. The summed E-state index contributed by atoms with van der Waals surface area (Å²) in [6.07, 6.45) is 1.47. The van der Waals surface area contributed by atoms with Crippen LogP contribution in [0.2, 0.25) is 0 Å². The van der Waals surface area contributed by atoms with Crippen molar-refractivity contribution in [2.45, 2.75) is 24.7 Å². The van der Waals surface area contributed by atoms with E-state index in [4.69, 9.17) is 5.11 Å². The second-order valence-corrected chi connectivity index (χ2v) is 5.34. The molecule has 2 aromatic rings. The molecule has 0 unspecified atom stereocenters. The van der Waals surface area contributed by atoms with Gasteiger partial charge in [0.05, 0.1) is 17.7 Å². The quantitative estimate of drug-likeness (QED) is 0.517. The predicted octanol–water partition coefficient (Wildman–Crippen LogP) is -0.605. The summed E-state index contributed by atoms with van der Waals surface area (Å²) in [5.74, 6) is -0.758.